The third-order valence-electron chi connectivity index (χ3n) is 4.56. The quantitative estimate of drug-likeness (QED) is 0.820. The van der Waals surface area contributed by atoms with Crippen molar-refractivity contribution in [3.05, 3.63) is 17.6 Å². The Bertz CT molecular complexity index is 652. The number of hydrogen-bond acceptors (Lipinski definition) is 4. The highest BCUT2D eigenvalue weighted by atomic mass is 16.5. The van der Waals surface area contributed by atoms with Gasteiger partial charge in [-0.2, -0.15) is 10.2 Å². The molecular weight excluding hydrogens is 290 g/mol. The number of aryl methyl sites for hydroxylation is 1. The summed E-state index contributed by atoms with van der Waals surface area (Å²) < 4.78 is 9.23. The Morgan fingerprint density at radius 2 is 2.00 bits per heavy atom. The first-order valence-electron chi connectivity index (χ1n) is 8.60. The highest BCUT2D eigenvalue weighted by Crippen LogP contribution is 2.33. The number of aromatic nitrogens is 5. The Morgan fingerprint density at radius 1 is 1.26 bits per heavy atom. The molecule has 2 aromatic heterocycles. The molecule has 0 saturated heterocycles. The third kappa shape index (κ3) is 3.32. The van der Waals surface area contributed by atoms with Gasteiger partial charge in [-0.25, -0.2) is 9.67 Å². The van der Waals surface area contributed by atoms with Crippen LogP contribution < -0.4 is 0 Å². The summed E-state index contributed by atoms with van der Waals surface area (Å²) in [5.74, 6) is 2.35. The fourth-order valence-electron chi connectivity index (χ4n) is 3.36. The van der Waals surface area contributed by atoms with Crippen LogP contribution in [0.1, 0.15) is 63.0 Å². The molecule has 126 valence electrons. The highest BCUT2D eigenvalue weighted by Gasteiger charge is 2.24. The van der Waals surface area contributed by atoms with E-state index in [1.807, 2.05) is 9.36 Å². The monoisotopic (exact) mass is 317 g/mol. The number of nitrogens with zero attached hydrogens (tertiary/aromatic N) is 5. The molecule has 1 aliphatic carbocycles. The van der Waals surface area contributed by atoms with Crippen LogP contribution in [0.2, 0.25) is 0 Å². The molecule has 2 heterocycles. The van der Waals surface area contributed by atoms with Gasteiger partial charge in [0.15, 0.2) is 11.6 Å². The lowest BCUT2D eigenvalue weighted by atomic mass is 10.1. The van der Waals surface area contributed by atoms with E-state index in [2.05, 4.69) is 26.8 Å². The van der Waals surface area contributed by atoms with E-state index in [1.165, 1.54) is 25.7 Å². The molecule has 23 heavy (non-hydrogen) atoms. The molecule has 6 nitrogen and oxygen atoms in total. The van der Waals surface area contributed by atoms with E-state index in [0.717, 1.165) is 23.0 Å². The smallest absolute Gasteiger partial charge is 0.179 e. The van der Waals surface area contributed by atoms with Gasteiger partial charge in [-0.3, -0.25) is 4.68 Å². The van der Waals surface area contributed by atoms with Crippen LogP contribution in [0.5, 0.6) is 0 Å². The van der Waals surface area contributed by atoms with E-state index >= 15 is 0 Å². The van der Waals surface area contributed by atoms with Crippen LogP contribution in [0.25, 0.3) is 11.5 Å². The van der Waals surface area contributed by atoms with Crippen LogP contribution in [-0.2, 0) is 11.3 Å². The van der Waals surface area contributed by atoms with Gasteiger partial charge in [0.05, 0.1) is 13.2 Å². The Kier molecular flexibility index (Phi) is 4.80. The zero-order chi connectivity index (χ0) is 16.4. The second-order valence-corrected chi connectivity index (χ2v) is 6.70. The van der Waals surface area contributed by atoms with E-state index in [0.29, 0.717) is 25.1 Å². The van der Waals surface area contributed by atoms with Gasteiger partial charge in [-0.15, -0.1) is 0 Å². The maximum atomic E-state index is 5.22. The van der Waals surface area contributed by atoms with Gasteiger partial charge in [0.1, 0.15) is 5.69 Å². The maximum Gasteiger partial charge on any atom is 0.179 e. The van der Waals surface area contributed by atoms with E-state index in [-0.39, 0.29) is 0 Å². The molecule has 1 fully saturated rings. The highest BCUT2D eigenvalue weighted by molar-refractivity contribution is 5.50. The van der Waals surface area contributed by atoms with Crippen molar-refractivity contribution in [2.75, 3.05) is 13.7 Å². The van der Waals surface area contributed by atoms with Crippen molar-refractivity contribution in [3.8, 4) is 11.5 Å². The second-order valence-electron chi connectivity index (χ2n) is 6.70. The van der Waals surface area contributed by atoms with Gasteiger partial charge in [0.2, 0.25) is 0 Å². The lowest BCUT2D eigenvalue weighted by Crippen LogP contribution is -2.09. The van der Waals surface area contributed by atoms with Crippen molar-refractivity contribution in [3.63, 3.8) is 0 Å². The van der Waals surface area contributed by atoms with Gasteiger partial charge in [-0.1, -0.05) is 12.8 Å². The van der Waals surface area contributed by atoms with E-state index in [9.17, 15) is 0 Å². The van der Waals surface area contributed by atoms with Crippen molar-refractivity contribution in [1.29, 1.82) is 0 Å². The normalized spacial score (nSPS) is 15.9. The fraction of sp³-hybridized carbons (Fsp3) is 0.706. The molecule has 0 bridgehead atoms. The Labute approximate surface area is 137 Å². The van der Waals surface area contributed by atoms with Crippen LogP contribution in [0.3, 0.4) is 0 Å². The van der Waals surface area contributed by atoms with Crippen LogP contribution in [0, 0.1) is 6.92 Å². The molecule has 0 radical (unpaired) electrons. The van der Waals surface area contributed by atoms with Gasteiger partial charge in [0.25, 0.3) is 0 Å². The van der Waals surface area contributed by atoms with Crippen molar-refractivity contribution in [2.24, 2.45) is 0 Å². The first kappa shape index (κ1) is 16.2. The summed E-state index contributed by atoms with van der Waals surface area (Å²) in [5, 5.41) is 9.51. The van der Waals surface area contributed by atoms with Gasteiger partial charge in [-0.05, 0) is 39.7 Å². The summed E-state index contributed by atoms with van der Waals surface area (Å²) in [6.45, 7) is 7.71. The van der Waals surface area contributed by atoms with Crippen molar-refractivity contribution < 1.29 is 4.74 Å². The lowest BCUT2D eigenvalue weighted by molar-refractivity contribution is 0.183. The summed E-state index contributed by atoms with van der Waals surface area (Å²) in [7, 11) is 1.71. The standard InChI is InChI=1S/C17H27N5O/c1-12(2)22-13(3)11-15(19-22)17-18-16(14-7-5-6-8-14)20-21(17)9-10-23-4/h11-12,14H,5-10H2,1-4H3. The SMILES string of the molecule is COCCn1nc(C2CCCC2)nc1-c1cc(C)n(C(C)C)n1. The van der Waals surface area contributed by atoms with Crippen LogP contribution >= 0.6 is 0 Å². The first-order valence-corrected chi connectivity index (χ1v) is 8.60. The third-order valence-corrected chi connectivity index (χ3v) is 4.56. The molecule has 0 spiro atoms. The van der Waals surface area contributed by atoms with Crippen LogP contribution in [0.4, 0.5) is 0 Å². The molecule has 0 amide bonds. The minimum atomic E-state index is 0.341. The molecule has 0 aromatic carbocycles. The molecule has 0 unspecified atom stereocenters. The summed E-state index contributed by atoms with van der Waals surface area (Å²) in [5.41, 5.74) is 2.06. The second kappa shape index (κ2) is 6.83. The Morgan fingerprint density at radius 3 is 2.61 bits per heavy atom. The molecule has 0 atom stereocenters. The molecule has 6 heteroatoms. The predicted molar refractivity (Wildman–Crippen MR) is 89.5 cm³/mol. The molecule has 0 aliphatic heterocycles. The molecule has 0 N–H and O–H groups in total. The summed E-state index contributed by atoms with van der Waals surface area (Å²) in [4.78, 5) is 4.85. The molecule has 2 aromatic rings. The van der Waals surface area contributed by atoms with Crippen LogP contribution in [-0.4, -0.2) is 38.3 Å². The van der Waals surface area contributed by atoms with E-state index in [1.54, 1.807) is 7.11 Å². The van der Waals surface area contributed by atoms with Crippen molar-refractivity contribution in [2.45, 2.75) is 65.0 Å². The fourth-order valence-corrected chi connectivity index (χ4v) is 3.36. The average Bonchev–Trinajstić information content (AvgIpc) is 3.23. The molecule has 1 saturated carbocycles. The largest absolute Gasteiger partial charge is 0.383 e. The van der Waals surface area contributed by atoms with E-state index in [4.69, 9.17) is 19.9 Å². The van der Waals surface area contributed by atoms with Crippen molar-refractivity contribution >= 4 is 0 Å². The minimum absolute atomic E-state index is 0.341. The lowest BCUT2D eigenvalue weighted by Gasteiger charge is -2.07. The minimum Gasteiger partial charge on any atom is -0.383 e. The molecule has 1 aliphatic rings. The Balaban J connectivity index is 1.96. The van der Waals surface area contributed by atoms with Crippen molar-refractivity contribution in [1.82, 2.24) is 24.5 Å². The summed E-state index contributed by atoms with van der Waals surface area (Å²) in [6, 6.07) is 2.44. The molecular formula is C17H27N5O. The number of ether oxygens (including phenoxy) is 1. The molecule has 3 rings (SSSR count). The number of rotatable bonds is 6. The topological polar surface area (TPSA) is 57.8 Å². The average molecular weight is 317 g/mol. The van der Waals surface area contributed by atoms with Crippen LogP contribution in [0.15, 0.2) is 6.07 Å². The van der Waals surface area contributed by atoms with E-state index < -0.39 is 0 Å². The van der Waals surface area contributed by atoms with Gasteiger partial charge >= 0.3 is 0 Å². The summed E-state index contributed by atoms with van der Waals surface area (Å²) >= 11 is 0. The first-order chi connectivity index (χ1) is 11.1. The predicted octanol–water partition coefficient (Wildman–Crippen LogP) is 3.33. The van der Waals surface area contributed by atoms with Gasteiger partial charge < -0.3 is 4.74 Å². The number of methoxy groups -OCH3 is 1. The zero-order valence-electron chi connectivity index (χ0n) is 14.6. The zero-order valence-corrected chi connectivity index (χ0v) is 14.6. The Hall–Kier alpha value is -1.69. The van der Waals surface area contributed by atoms with Gasteiger partial charge in [0, 0.05) is 24.8 Å². The number of hydrogen-bond donors (Lipinski definition) is 0. The maximum absolute atomic E-state index is 5.22. The summed E-state index contributed by atoms with van der Waals surface area (Å²) in [6.07, 6.45) is 4.97.